The van der Waals surface area contributed by atoms with Gasteiger partial charge >= 0.3 is 0 Å². The lowest BCUT2D eigenvalue weighted by Crippen LogP contribution is -2.46. The van der Waals surface area contributed by atoms with E-state index in [4.69, 9.17) is 4.74 Å². The molecule has 0 radical (unpaired) electrons. The first kappa shape index (κ1) is 19.7. The number of likely N-dealkylation sites (tertiary alicyclic amines) is 1. The fourth-order valence-electron chi connectivity index (χ4n) is 3.77. The van der Waals surface area contributed by atoms with Crippen LogP contribution in [0.1, 0.15) is 52.4 Å². The van der Waals surface area contributed by atoms with E-state index in [9.17, 15) is 4.79 Å². The van der Waals surface area contributed by atoms with E-state index >= 15 is 0 Å². The lowest BCUT2D eigenvalue weighted by atomic mass is 9.96. The molecule has 2 aliphatic rings. The quantitative estimate of drug-likeness (QED) is 0.654. The van der Waals surface area contributed by atoms with Crippen LogP contribution >= 0.6 is 0 Å². The SMILES string of the molecule is CCCCCC(C)NC(=O)CN1CCC(CN2CCOCC2)CC1. The number of piperidine rings is 1. The summed E-state index contributed by atoms with van der Waals surface area (Å²) in [7, 11) is 0. The summed E-state index contributed by atoms with van der Waals surface area (Å²) in [6.07, 6.45) is 7.25. The molecule has 0 spiro atoms. The minimum absolute atomic E-state index is 0.200. The molecule has 0 aromatic rings. The van der Waals surface area contributed by atoms with Gasteiger partial charge in [0.15, 0.2) is 0 Å². The number of unbranched alkanes of at least 4 members (excludes halogenated alkanes) is 2. The first-order chi connectivity index (χ1) is 11.7. The largest absolute Gasteiger partial charge is 0.379 e. The van der Waals surface area contributed by atoms with E-state index in [0.29, 0.717) is 12.6 Å². The predicted octanol–water partition coefficient (Wildman–Crippen LogP) is 2.12. The number of nitrogens with zero attached hydrogens (tertiary/aromatic N) is 2. The van der Waals surface area contributed by atoms with Crippen LogP contribution in [0, 0.1) is 5.92 Å². The molecule has 2 fully saturated rings. The zero-order chi connectivity index (χ0) is 17.2. The van der Waals surface area contributed by atoms with Crippen molar-refractivity contribution in [3.8, 4) is 0 Å². The summed E-state index contributed by atoms with van der Waals surface area (Å²) >= 11 is 0. The van der Waals surface area contributed by atoms with Crippen molar-refractivity contribution in [3.63, 3.8) is 0 Å². The van der Waals surface area contributed by atoms with Gasteiger partial charge in [-0.3, -0.25) is 14.6 Å². The minimum atomic E-state index is 0.200. The average Bonchev–Trinajstić information content (AvgIpc) is 2.58. The molecule has 2 heterocycles. The van der Waals surface area contributed by atoms with E-state index < -0.39 is 0 Å². The Morgan fingerprint density at radius 2 is 1.83 bits per heavy atom. The van der Waals surface area contributed by atoms with Gasteiger partial charge in [-0.25, -0.2) is 0 Å². The highest BCUT2D eigenvalue weighted by molar-refractivity contribution is 5.78. The van der Waals surface area contributed by atoms with Crippen molar-refractivity contribution in [1.82, 2.24) is 15.1 Å². The zero-order valence-corrected chi connectivity index (χ0v) is 15.8. The molecule has 24 heavy (non-hydrogen) atoms. The van der Waals surface area contributed by atoms with Crippen LogP contribution in [-0.4, -0.2) is 74.2 Å². The Balaban J connectivity index is 1.57. The second kappa shape index (κ2) is 11.1. The van der Waals surface area contributed by atoms with Gasteiger partial charge in [0.05, 0.1) is 19.8 Å². The first-order valence-corrected chi connectivity index (χ1v) is 9.99. The summed E-state index contributed by atoms with van der Waals surface area (Å²) in [4.78, 5) is 17.0. The molecule has 1 atom stereocenters. The normalized spacial score (nSPS) is 22.4. The molecule has 5 nitrogen and oxygen atoms in total. The van der Waals surface area contributed by atoms with Crippen molar-refractivity contribution in [1.29, 1.82) is 0 Å². The summed E-state index contributed by atoms with van der Waals surface area (Å²) in [6.45, 7) is 12.2. The van der Waals surface area contributed by atoms with E-state index in [1.807, 2.05) is 0 Å². The van der Waals surface area contributed by atoms with Gasteiger partial charge < -0.3 is 10.1 Å². The van der Waals surface area contributed by atoms with Crippen LogP contribution in [-0.2, 0) is 9.53 Å². The Kier molecular flexibility index (Phi) is 9.07. The van der Waals surface area contributed by atoms with E-state index in [-0.39, 0.29) is 5.91 Å². The van der Waals surface area contributed by atoms with Crippen LogP contribution in [0.25, 0.3) is 0 Å². The van der Waals surface area contributed by atoms with Crippen molar-refractivity contribution < 1.29 is 9.53 Å². The standard InChI is InChI=1S/C19H37N3O2/c1-3-4-5-6-17(2)20-19(23)16-21-9-7-18(8-10-21)15-22-11-13-24-14-12-22/h17-18H,3-16H2,1-2H3,(H,20,23). The van der Waals surface area contributed by atoms with Crippen LogP contribution < -0.4 is 5.32 Å². The molecular formula is C19H37N3O2. The molecule has 0 bridgehead atoms. The molecule has 0 aromatic heterocycles. The number of nitrogens with one attached hydrogen (secondary N) is 1. The third-order valence-electron chi connectivity index (χ3n) is 5.34. The van der Waals surface area contributed by atoms with Gasteiger partial charge in [-0.05, 0) is 45.2 Å². The topological polar surface area (TPSA) is 44.8 Å². The van der Waals surface area contributed by atoms with Crippen molar-refractivity contribution in [2.45, 2.75) is 58.4 Å². The van der Waals surface area contributed by atoms with Crippen LogP contribution in [0.5, 0.6) is 0 Å². The van der Waals surface area contributed by atoms with Crippen molar-refractivity contribution in [2.24, 2.45) is 5.92 Å². The van der Waals surface area contributed by atoms with Gasteiger partial charge in [0.2, 0.25) is 5.91 Å². The van der Waals surface area contributed by atoms with Crippen molar-refractivity contribution >= 4 is 5.91 Å². The number of ether oxygens (including phenoxy) is 1. The predicted molar refractivity (Wildman–Crippen MR) is 98.2 cm³/mol. The number of hydrogen-bond acceptors (Lipinski definition) is 4. The minimum Gasteiger partial charge on any atom is -0.379 e. The van der Waals surface area contributed by atoms with Gasteiger partial charge in [-0.1, -0.05) is 26.2 Å². The number of morpholine rings is 1. The third kappa shape index (κ3) is 7.49. The Hall–Kier alpha value is -0.650. The number of carbonyl (C=O) groups is 1. The van der Waals surface area contributed by atoms with E-state index in [1.54, 1.807) is 0 Å². The molecule has 5 heteroatoms. The molecule has 1 amide bonds. The average molecular weight is 340 g/mol. The molecular weight excluding hydrogens is 302 g/mol. The lowest BCUT2D eigenvalue weighted by molar-refractivity contribution is -0.123. The summed E-state index contributed by atoms with van der Waals surface area (Å²) in [6, 6.07) is 0.308. The summed E-state index contributed by atoms with van der Waals surface area (Å²) in [5.41, 5.74) is 0. The Bertz CT molecular complexity index is 351. The van der Waals surface area contributed by atoms with Crippen LogP contribution in [0.15, 0.2) is 0 Å². The first-order valence-electron chi connectivity index (χ1n) is 9.99. The van der Waals surface area contributed by atoms with Gasteiger partial charge in [-0.15, -0.1) is 0 Å². The number of carbonyl (C=O) groups excluding carboxylic acids is 1. The van der Waals surface area contributed by atoms with Crippen molar-refractivity contribution in [3.05, 3.63) is 0 Å². The molecule has 0 saturated carbocycles. The Morgan fingerprint density at radius 1 is 1.12 bits per heavy atom. The van der Waals surface area contributed by atoms with Crippen LogP contribution in [0.2, 0.25) is 0 Å². The van der Waals surface area contributed by atoms with Crippen molar-refractivity contribution in [2.75, 3.05) is 52.5 Å². The van der Waals surface area contributed by atoms with Gasteiger partial charge in [-0.2, -0.15) is 0 Å². The second-order valence-electron chi connectivity index (χ2n) is 7.60. The molecule has 1 unspecified atom stereocenters. The maximum Gasteiger partial charge on any atom is 0.234 e. The van der Waals surface area contributed by atoms with Crippen LogP contribution in [0.4, 0.5) is 0 Å². The highest BCUT2D eigenvalue weighted by Gasteiger charge is 2.23. The lowest BCUT2D eigenvalue weighted by Gasteiger charge is -2.35. The molecule has 140 valence electrons. The smallest absolute Gasteiger partial charge is 0.234 e. The van der Waals surface area contributed by atoms with Gasteiger partial charge in [0.25, 0.3) is 0 Å². The van der Waals surface area contributed by atoms with Gasteiger partial charge in [0, 0.05) is 25.7 Å². The van der Waals surface area contributed by atoms with Crippen LogP contribution in [0.3, 0.4) is 0 Å². The maximum atomic E-state index is 12.2. The van der Waals surface area contributed by atoms with E-state index in [2.05, 4.69) is 29.0 Å². The molecule has 2 rings (SSSR count). The number of rotatable bonds is 9. The maximum absolute atomic E-state index is 12.2. The highest BCUT2D eigenvalue weighted by Crippen LogP contribution is 2.18. The third-order valence-corrected chi connectivity index (χ3v) is 5.34. The molecule has 2 aliphatic heterocycles. The molecule has 2 saturated heterocycles. The fraction of sp³-hybridized carbons (Fsp3) is 0.947. The monoisotopic (exact) mass is 339 g/mol. The molecule has 0 aromatic carbocycles. The van der Waals surface area contributed by atoms with Gasteiger partial charge in [0.1, 0.15) is 0 Å². The summed E-state index contributed by atoms with van der Waals surface area (Å²) in [5, 5.41) is 3.16. The Labute approximate surface area is 148 Å². The van der Waals surface area contributed by atoms with E-state index in [1.165, 1.54) is 38.6 Å². The number of hydrogen-bond donors (Lipinski definition) is 1. The summed E-state index contributed by atoms with van der Waals surface area (Å²) in [5.74, 6) is 0.987. The summed E-state index contributed by atoms with van der Waals surface area (Å²) < 4.78 is 5.42. The molecule has 1 N–H and O–H groups in total. The molecule has 0 aliphatic carbocycles. The fourth-order valence-corrected chi connectivity index (χ4v) is 3.77. The second-order valence-corrected chi connectivity index (χ2v) is 7.60. The highest BCUT2D eigenvalue weighted by atomic mass is 16.5. The number of amides is 1. The van der Waals surface area contributed by atoms with E-state index in [0.717, 1.165) is 51.7 Å². The Morgan fingerprint density at radius 3 is 2.50 bits per heavy atom. The zero-order valence-electron chi connectivity index (χ0n) is 15.8.